The van der Waals surface area contributed by atoms with Crippen LogP contribution in [0.3, 0.4) is 0 Å². The number of nitrogens with one attached hydrogen (secondary N) is 1. The number of benzene rings is 2. The van der Waals surface area contributed by atoms with Gasteiger partial charge < -0.3 is 19.7 Å². The molecule has 0 saturated heterocycles. The van der Waals surface area contributed by atoms with E-state index in [-0.39, 0.29) is 0 Å². The maximum Gasteiger partial charge on any atom is 0.350 e. The average Bonchev–Trinajstić information content (AvgIpc) is 2.63. The van der Waals surface area contributed by atoms with Gasteiger partial charge in [-0.05, 0) is 69.3 Å². The van der Waals surface area contributed by atoms with Gasteiger partial charge in [0.05, 0.1) is 0 Å². The van der Waals surface area contributed by atoms with Gasteiger partial charge in [0.1, 0.15) is 5.75 Å². The fourth-order valence-corrected chi connectivity index (χ4v) is 2.41. The molecule has 0 aliphatic heterocycles. The van der Waals surface area contributed by atoms with Crippen molar-refractivity contribution in [1.29, 1.82) is 0 Å². The predicted molar refractivity (Wildman–Crippen MR) is 111 cm³/mol. The molecule has 0 radical (unpaired) electrons. The largest absolute Gasteiger partial charge is 0.476 e. The molecule has 0 saturated carbocycles. The van der Waals surface area contributed by atoms with Crippen molar-refractivity contribution in [2.45, 2.75) is 32.5 Å². The number of ether oxygens (including phenoxy) is 2. The topological polar surface area (TPSA) is 67.9 Å². The third-order valence-electron chi connectivity index (χ3n) is 3.98. The lowest BCUT2D eigenvalue weighted by atomic mass is 10.1. The summed E-state index contributed by atoms with van der Waals surface area (Å²) in [5.74, 6) is -0.592. The summed E-state index contributed by atoms with van der Waals surface area (Å²) >= 11 is 5.85. The van der Waals surface area contributed by atoms with Crippen LogP contribution in [0.15, 0.2) is 48.5 Å². The molecule has 1 N–H and O–H groups in total. The zero-order valence-electron chi connectivity index (χ0n) is 16.7. The fourth-order valence-electron chi connectivity index (χ4n) is 2.28. The molecule has 2 aromatic rings. The van der Waals surface area contributed by atoms with Crippen LogP contribution in [0.1, 0.15) is 20.8 Å². The lowest BCUT2D eigenvalue weighted by Gasteiger charge is -2.26. The van der Waals surface area contributed by atoms with Gasteiger partial charge in [0.25, 0.3) is 5.91 Å². The molecule has 0 aliphatic rings. The van der Waals surface area contributed by atoms with E-state index in [1.165, 1.54) is 6.92 Å². The highest BCUT2D eigenvalue weighted by Gasteiger charge is 2.34. The molecule has 2 aromatic carbocycles. The average molecular weight is 405 g/mol. The van der Waals surface area contributed by atoms with Crippen LogP contribution in [-0.4, -0.2) is 37.7 Å². The number of carbonyl (C=O) groups excluding carboxylic acids is 2. The van der Waals surface area contributed by atoms with Crippen molar-refractivity contribution >= 4 is 34.9 Å². The maximum absolute atomic E-state index is 12.5. The van der Waals surface area contributed by atoms with Crippen molar-refractivity contribution in [2.24, 2.45) is 0 Å². The first kappa shape index (κ1) is 21.6. The molecule has 1 atom stereocenters. The Morgan fingerprint density at radius 3 is 2.14 bits per heavy atom. The van der Waals surface area contributed by atoms with Crippen LogP contribution in [0.25, 0.3) is 0 Å². The van der Waals surface area contributed by atoms with Crippen molar-refractivity contribution in [3.8, 4) is 5.75 Å². The molecule has 0 fully saturated rings. The number of hydrogen-bond donors (Lipinski definition) is 1. The summed E-state index contributed by atoms with van der Waals surface area (Å²) in [5, 5.41) is 3.30. The van der Waals surface area contributed by atoms with Crippen LogP contribution in [0.4, 0.5) is 11.4 Å². The first-order valence-electron chi connectivity index (χ1n) is 8.82. The Bertz CT molecular complexity index is 817. The maximum atomic E-state index is 12.5. The molecule has 1 unspecified atom stereocenters. The third kappa shape index (κ3) is 5.89. The molecule has 150 valence electrons. The minimum atomic E-state index is -1.27. The third-order valence-corrected chi connectivity index (χ3v) is 4.23. The molecule has 0 aliphatic carbocycles. The number of halogens is 1. The molecule has 1 amide bonds. The van der Waals surface area contributed by atoms with Gasteiger partial charge >= 0.3 is 5.97 Å². The number of hydrogen-bond acceptors (Lipinski definition) is 5. The second-order valence-corrected chi connectivity index (χ2v) is 7.48. The predicted octanol–water partition coefficient (Wildman–Crippen LogP) is 4.13. The summed E-state index contributed by atoms with van der Waals surface area (Å²) in [6.07, 6.45) is -0.978. The van der Waals surface area contributed by atoms with Crippen LogP contribution >= 0.6 is 11.6 Å². The van der Waals surface area contributed by atoms with E-state index < -0.39 is 23.6 Å². The number of rotatable bonds is 7. The molecule has 0 heterocycles. The normalized spacial score (nSPS) is 12.1. The van der Waals surface area contributed by atoms with Crippen molar-refractivity contribution in [3.05, 3.63) is 53.6 Å². The first-order chi connectivity index (χ1) is 13.1. The molecule has 28 heavy (non-hydrogen) atoms. The number of esters is 1. The zero-order valence-corrected chi connectivity index (χ0v) is 17.4. The minimum Gasteiger partial charge on any atom is -0.476 e. The van der Waals surface area contributed by atoms with E-state index >= 15 is 0 Å². The molecule has 7 heteroatoms. The van der Waals surface area contributed by atoms with Crippen molar-refractivity contribution in [3.63, 3.8) is 0 Å². The van der Waals surface area contributed by atoms with E-state index in [1.54, 1.807) is 50.2 Å². The molecule has 6 nitrogen and oxygen atoms in total. The van der Waals surface area contributed by atoms with E-state index in [9.17, 15) is 9.59 Å². The van der Waals surface area contributed by atoms with Gasteiger partial charge in [0, 0.05) is 30.5 Å². The van der Waals surface area contributed by atoms with Crippen molar-refractivity contribution in [2.75, 3.05) is 24.3 Å². The fraction of sp³-hybridized carbons (Fsp3) is 0.333. The van der Waals surface area contributed by atoms with Gasteiger partial charge in [-0.25, -0.2) is 4.79 Å². The van der Waals surface area contributed by atoms with Crippen LogP contribution < -0.4 is 15.0 Å². The molecule has 0 spiro atoms. The quantitative estimate of drug-likeness (QED) is 0.702. The summed E-state index contributed by atoms with van der Waals surface area (Å²) in [4.78, 5) is 26.8. The number of amides is 1. The molecular formula is C21H25ClN2O4. The smallest absolute Gasteiger partial charge is 0.350 e. The first-order valence-corrected chi connectivity index (χ1v) is 9.20. The highest BCUT2D eigenvalue weighted by atomic mass is 35.5. The lowest BCUT2D eigenvalue weighted by molar-refractivity contribution is -0.166. The number of nitrogens with zero attached hydrogens (tertiary/aromatic N) is 1. The highest BCUT2D eigenvalue weighted by Crippen LogP contribution is 2.22. The van der Waals surface area contributed by atoms with Gasteiger partial charge in [0.15, 0.2) is 11.7 Å². The van der Waals surface area contributed by atoms with E-state index in [2.05, 4.69) is 5.32 Å². The van der Waals surface area contributed by atoms with Gasteiger partial charge in [0.2, 0.25) is 0 Å². The Hall–Kier alpha value is -2.73. The minimum absolute atomic E-state index is 0.423. The Labute approximate surface area is 170 Å². The van der Waals surface area contributed by atoms with Gasteiger partial charge in [-0.2, -0.15) is 0 Å². The van der Waals surface area contributed by atoms with Crippen molar-refractivity contribution in [1.82, 2.24) is 0 Å². The second kappa shape index (κ2) is 8.97. The Morgan fingerprint density at radius 1 is 1.04 bits per heavy atom. The summed E-state index contributed by atoms with van der Waals surface area (Å²) in [6.45, 7) is 4.67. The van der Waals surface area contributed by atoms with Gasteiger partial charge in [-0.15, -0.1) is 0 Å². The second-order valence-electron chi connectivity index (χ2n) is 7.04. The SMILES string of the molecule is CC(OC(=O)C(C)(C)Oc1ccc(Cl)cc1)C(=O)Nc1ccc(N(C)C)cc1. The molecule has 2 rings (SSSR count). The van der Waals surface area contributed by atoms with E-state index in [4.69, 9.17) is 21.1 Å². The van der Waals surface area contributed by atoms with E-state index in [1.807, 2.05) is 31.1 Å². The van der Waals surface area contributed by atoms with E-state index in [0.717, 1.165) is 5.69 Å². The Kier molecular flexibility index (Phi) is 6.91. The number of carbonyl (C=O) groups is 2. The molecule has 0 bridgehead atoms. The number of anilines is 2. The zero-order chi connectivity index (χ0) is 20.9. The van der Waals surface area contributed by atoms with Gasteiger partial charge in [-0.3, -0.25) is 4.79 Å². The Balaban J connectivity index is 1.94. The Morgan fingerprint density at radius 2 is 1.61 bits per heavy atom. The summed E-state index contributed by atoms with van der Waals surface area (Å²) in [7, 11) is 3.87. The molecule has 0 aromatic heterocycles. The lowest BCUT2D eigenvalue weighted by Crippen LogP contribution is -2.43. The van der Waals surface area contributed by atoms with Crippen LogP contribution in [-0.2, 0) is 14.3 Å². The monoisotopic (exact) mass is 404 g/mol. The van der Waals surface area contributed by atoms with Crippen LogP contribution in [0, 0.1) is 0 Å². The van der Waals surface area contributed by atoms with Crippen LogP contribution in [0.5, 0.6) is 5.75 Å². The van der Waals surface area contributed by atoms with Gasteiger partial charge in [-0.1, -0.05) is 11.6 Å². The van der Waals surface area contributed by atoms with Crippen molar-refractivity contribution < 1.29 is 19.1 Å². The highest BCUT2D eigenvalue weighted by molar-refractivity contribution is 6.30. The summed E-state index contributed by atoms with van der Waals surface area (Å²) in [5.41, 5.74) is 0.365. The summed E-state index contributed by atoms with van der Waals surface area (Å²) in [6, 6.07) is 14.0. The van der Waals surface area contributed by atoms with Crippen LogP contribution in [0.2, 0.25) is 5.02 Å². The van der Waals surface area contributed by atoms with E-state index in [0.29, 0.717) is 16.5 Å². The molecular weight excluding hydrogens is 380 g/mol. The standard InChI is InChI=1S/C21H25ClN2O4/c1-14(19(25)23-16-8-10-17(11-9-16)24(4)5)27-20(26)21(2,3)28-18-12-6-15(22)7-13-18/h6-14H,1-5H3,(H,23,25). The summed E-state index contributed by atoms with van der Waals surface area (Å²) < 4.78 is 11.0.